The van der Waals surface area contributed by atoms with Gasteiger partial charge in [-0.15, -0.1) is 0 Å². The van der Waals surface area contributed by atoms with Crippen molar-refractivity contribution in [3.05, 3.63) is 53.9 Å². The number of carbonyl (C=O) groups is 2. The Labute approximate surface area is 106 Å². The number of aromatic nitrogens is 2. The smallest absolute Gasteiger partial charge is 0.354 e. The molecule has 0 atom stereocenters. The number of amides is 1. The first-order valence-corrected chi connectivity index (χ1v) is 5.18. The quantitative estimate of drug-likeness (QED) is 0.874. The number of pyridine rings is 2. The number of hydrogen-bond acceptors (Lipinski definition) is 4. The van der Waals surface area contributed by atoms with Gasteiger partial charge in [-0.1, -0.05) is 0 Å². The van der Waals surface area contributed by atoms with Crippen molar-refractivity contribution in [1.82, 2.24) is 9.97 Å². The van der Waals surface area contributed by atoms with Crippen LogP contribution in [-0.4, -0.2) is 27.0 Å². The minimum Gasteiger partial charge on any atom is -0.477 e. The number of rotatable bonds is 3. The number of carboxylic acid groups (broad SMARTS) is 1. The molecule has 0 unspecified atom stereocenters. The Balaban J connectivity index is 2.22. The second-order valence-corrected chi connectivity index (χ2v) is 3.54. The van der Waals surface area contributed by atoms with Crippen LogP contribution in [0.4, 0.5) is 10.1 Å². The van der Waals surface area contributed by atoms with Crippen molar-refractivity contribution < 1.29 is 19.1 Å². The number of carbonyl (C=O) groups excluding carboxylic acids is 1. The lowest BCUT2D eigenvalue weighted by Gasteiger charge is -2.06. The summed E-state index contributed by atoms with van der Waals surface area (Å²) in [6.07, 6.45) is 3.44. The van der Waals surface area contributed by atoms with Gasteiger partial charge in [-0.05, 0) is 18.2 Å². The molecule has 0 bridgehead atoms. The lowest BCUT2D eigenvalue weighted by molar-refractivity contribution is 0.0690. The van der Waals surface area contributed by atoms with E-state index in [9.17, 15) is 14.0 Å². The van der Waals surface area contributed by atoms with E-state index in [2.05, 4.69) is 15.3 Å². The van der Waals surface area contributed by atoms with E-state index < -0.39 is 17.7 Å². The first-order valence-electron chi connectivity index (χ1n) is 5.18. The van der Waals surface area contributed by atoms with E-state index in [1.807, 2.05) is 0 Å². The van der Waals surface area contributed by atoms with Crippen molar-refractivity contribution in [3.63, 3.8) is 0 Å². The topological polar surface area (TPSA) is 92.2 Å². The molecule has 96 valence electrons. The van der Waals surface area contributed by atoms with Gasteiger partial charge < -0.3 is 10.4 Å². The van der Waals surface area contributed by atoms with E-state index in [1.165, 1.54) is 30.6 Å². The molecule has 2 aromatic rings. The molecule has 19 heavy (non-hydrogen) atoms. The van der Waals surface area contributed by atoms with Crippen LogP contribution in [0.1, 0.15) is 20.8 Å². The van der Waals surface area contributed by atoms with Gasteiger partial charge in [0.2, 0.25) is 0 Å². The number of hydrogen-bond donors (Lipinski definition) is 2. The van der Waals surface area contributed by atoms with E-state index in [0.29, 0.717) is 0 Å². The predicted octanol–water partition coefficient (Wildman–Crippen LogP) is 1.57. The maximum absolute atomic E-state index is 13.3. The molecule has 0 aromatic carbocycles. The Kier molecular flexibility index (Phi) is 3.46. The van der Waals surface area contributed by atoms with Gasteiger partial charge in [-0.3, -0.25) is 9.78 Å². The average molecular weight is 261 g/mol. The molecule has 0 saturated heterocycles. The minimum absolute atomic E-state index is 0.177. The Hall–Kier alpha value is -2.83. The summed E-state index contributed by atoms with van der Waals surface area (Å²) >= 11 is 0. The third-order valence-corrected chi connectivity index (χ3v) is 2.25. The molecule has 2 rings (SSSR count). The van der Waals surface area contributed by atoms with Crippen LogP contribution >= 0.6 is 0 Å². The van der Waals surface area contributed by atoms with Gasteiger partial charge in [0, 0.05) is 18.1 Å². The summed E-state index contributed by atoms with van der Waals surface area (Å²) in [6.45, 7) is 0. The van der Waals surface area contributed by atoms with Crippen LogP contribution in [0.2, 0.25) is 0 Å². The summed E-state index contributed by atoms with van der Waals surface area (Å²) < 4.78 is 13.3. The number of nitrogens with one attached hydrogen (secondary N) is 1. The average Bonchev–Trinajstić information content (AvgIpc) is 2.39. The van der Waals surface area contributed by atoms with E-state index in [1.54, 1.807) is 0 Å². The summed E-state index contributed by atoms with van der Waals surface area (Å²) in [6, 6.07) is 3.81. The highest BCUT2D eigenvalue weighted by atomic mass is 19.1. The predicted molar refractivity (Wildman–Crippen MR) is 63.3 cm³/mol. The summed E-state index contributed by atoms with van der Waals surface area (Å²) in [5, 5.41) is 11.1. The molecule has 0 spiro atoms. The zero-order chi connectivity index (χ0) is 13.8. The highest BCUT2D eigenvalue weighted by molar-refractivity contribution is 6.04. The molecule has 2 N–H and O–H groups in total. The van der Waals surface area contributed by atoms with Crippen LogP contribution in [0.15, 0.2) is 36.8 Å². The normalized spacial score (nSPS) is 9.95. The van der Waals surface area contributed by atoms with Crippen molar-refractivity contribution in [2.75, 3.05) is 5.32 Å². The van der Waals surface area contributed by atoms with E-state index in [0.717, 1.165) is 6.20 Å². The number of carboxylic acids is 1. The van der Waals surface area contributed by atoms with Gasteiger partial charge in [0.15, 0.2) is 5.82 Å². The van der Waals surface area contributed by atoms with E-state index in [-0.39, 0.29) is 16.9 Å². The molecule has 2 aromatic heterocycles. The molecular formula is C12H8FN3O3. The third-order valence-electron chi connectivity index (χ3n) is 2.25. The van der Waals surface area contributed by atoms with Crippen LogP contribution in [0.3, 0.4) is 0 Å². The zero-order valence-corrected chi connectivity index (χ0v) is 9.50. The third kappa shape index (κ3) is 2.89. The van der Waals surface area contributed by atoms with Crippen LogP contribution in [0.5, 0.6) is 0 Å². The summed E-state index contributed by atoms with van der Waals surface area (Å²) in [5.74, 6) is -2.67. The SMILES string of the molecule is O=C(O)c1cc(NC(=O)c2ccncc2F)ccn1. The monoisotopic (exact) mass is 261 g/mol. The first-order chi connectivity index (χ1) is 9.08. The Morgan fingerprint density at radius 3 is 2.74 bits per heavy atom. The van der Waals surface area contributed by atoms with Crippen LogP contribution in [-0.2, 0) is 0 Å². The highest BCUT2D eigenvalue weighted by Gasteiger charge is 2.12. The molecule has 0 fully saturated rings. The molecule has 1 amide bonds. The Bertz CT molecular complexity index is 646. The molecule has 7 heteroatoms. The minimum atomic E-state index is -1.22. The van der Waals surface area contributed by atoms with E-state index in [4.69, 9.17) is 5.11 Å². The molecule has 0 radical (unpaired) electrons. The highest BCUT2D eigenvalue weighted by Crippen LogP contribution is 2.11. The number of nitrogens with zero attached hydrogens (tertiary/aromatic N) is 2. The zero-order valence-electron chi connectivity index (χ0n) is 9.50. The molecule has 6 nitrogen and oxygen atoms in total. The van der Waals surface area contributed by atoms with Crippen LogP contribution < -0.4 is 5.32 Å². The summed E-state index contributed by atoms with van der Waals surface area (Å²) in [5.41, 5.74) is -0.176. The van der Waals surface area contributed by atoms with Crippen molar-refractivity contribution in [3.8, 4) is 0 Å². The lowest BCUT2D eigenvalue weighted by Crippen LogP contribution is -2.14. The molecule has 0 saturated carbocycles. The van der Waals surface area contributed by atoms with Gasteiger partial charge >= 0.3 is 5.97 Å². The standard InChI is InChI=1S/C12H8FN3O3/c13-9-6-14-3-2-8(9)11(17)16-7-1-4-15-10(5-7)12(18)19/h1-6H,(H,18,19)(H,15,16,17). The van der Waals surface area contributed by atoms with Crippen LogP contribution in [0, 0.1) is 5.82 Å². The molecule has 2 heterocycles. The summed E-state index contributed by atoms with van der Waals surface area (Å²) in [4.78, 5) is 29.6. The molecular weight excluding hydrogens is 253 g/mol. The molecule has 0 aliphatic rings. The Morgan fingerprint density at radius 1 is 1.26 bits per heavy atom. The number of anilines is 1. The van der Waals surface area contributed by atoms with Crippen molar-refractivity contribution in [2.45, 2.75) is 0 Å². The maximum Gasteiger partial charge on any atom is 0.354 e. The summed E-state index contributed by atoms with van der Waals surface area (Å²) in [7, 11) is 0. The first kappa shape index (κ1) is 12.6. The van der Waals surface area contributed by atoms with Gasteiger partial charge in [0.05, 0.1) is 11.8 Å². The largest absolute Gasteiger partial charge is 0.477 e. The van der Waals surface area contributed by atoms with Crippen molar-refractivity contribution in [2.24, 2.45) is 0 Å². The fourth-order valence-electron chi connectivity index (χ4n) is 1.38. The number of halogens is 1. The Morgan fingerprint density at radius 2 is 2.05 bits per heavy atom. The van der Waals surface area contributed by atoms with Gasteiger partial charge in [0.25, 0.3) is 5.91 Å². The second-order valence-electron chi connectivity index (χ2n) is 3.54. The van der Waals surface area contributed by atoms with Gasteiger partial charge in [0.1, 0.15) is 5.69 Å². The fourth-order valence-corrected chi connectivity index (χ4v) is 1.38. The second kappa shape index (κ2) is 5.21. The van der Waals surface area contributed by atoms with Crippen molar-refractivity contribution >= 4 is 17.6 Å². The fraction of sp³-hybridized carbons (Fsp3) is 0. The maximum atomic E-state index is 13.3. The number of aromatic carboxylic acids is 1. The molecule has 0 aliphatic heterocycles. The van der Waals surface area contributed by atoms with Crippen LogP contribution in [0.25, 0.3) is 0 Å². The van der Waals surface area contributed by atoms with Gasteiger partial charge in [-0.2, -0.15) is 0 Å². The van der Waals surface area contributed by atoms with E-state index >= 15 is 0 Å². The molecule has 0 aliphatic carbocycles. The van der Waals surface area contributed by atoms with Crippen molar-refractivity contribution in [1.29, 1.82) is 0 Å². The lowest BCUT2D eigenvalue weighted by atomic mass is 10.2. The van der Waals surface area contributed by atoms with Gasteiger partial charge in [-0.25, -0.2) is 14.2 Å².